The Morgan fingerprint density at radius 2 is 2.05 bits per heavy atom. The maximum atomic E-state index is 12.0. The van der Waals surface area contributed by atoms with E-state index in [4.69, 9.17) is 5.73 Å². The van der Waals surface area contributed by atoms with Crippen LogP contribution in [-0.4, -0.2) is 11.9 Å². The number of amides is 1. The third-order valence-corrected chi connectivity index (χ3v) is 3.50. The summed E-state index contributed by atoms with van der Waals surface area (Å²) in [6.07, 6.45) is 6.93. The van der Waals surface area contributed by atoms with Crippen molar-refractivity contribution in [3.63, 3.8) is 0 Å². The minimum atomic E-state index is 0.155. The third-order valence-electron chi connectivity index (χ3n) is 3.50. The smallest absolute Gasteiger partial charge is 0.220 e. The molecule has 0 heterocycles. The van der Waals surface area contributed by atoms with Gasteiger partial charge in [0.2, 0.25) is 5.91 Å². The van der Waals surface area contributed by atoms with Crippen molar-refractivity contribution in [3.8, 4) is 0 Å². The molecule has 20 heavy (non-hydrogen) atoms. The van der Waals surface area contributed by atoms with Crippen LogP contribution in [0.15, 0.2) is 24.3 Å². The van der Waals surface area contributed by atoms with Gasteiger partial charge in [-0.25, -0.2) is 0 Å². The molecule has 0 saturated carbocycles. The first-order chi connectivity index (χ1) is 9.65. The van der Waals surface area contributed by atoms with Gasteiger partial charge in [-0.2, -0.15) is 0 Å². The molecular formula is C17H28N2O. The van der Waals surface area contributed by atoms with Gasteiger partial charge in [0.05, 0.1) is 0 Å². The Hall–Kier alpha value is -1.51. The fraction of sp³-hybridized carbons (Fsp3) is 0.588. The number of carbonyl (C=O) groups excluding carboxylic acids is 1. The third kappa shape index (κ3) is 6.60. The molecule has 0 saturated heterocycles. The second-order valence-electron chi connectivity index (χ2n) is 5.44. The second-order valence-corrected chi connectivity index (χ2v) is 5.44. The lowest BCUT2D eigenvalue weighted by Gasteiger charge is -2.17. The van der Waals surface area contributed by atoms with Crippen LogP contribution < -0.4 is 11.1 Å². The Kier molecular flexibility index (Phi) is 7.78. The van der Waals surface area contributed by atoms with Gasteiger partial charge in [0.25, 0.3) is 0 Å². The van der Waals surface area contributed by atoms with Gasteiger partial charge in [-0.05, 0) is 37.0 Å². The number of hydrogen-bond acceptors (Lipinski definition) is 2. The minimum absolute atomic E-state index is 0.155. The summed E-state index contributed by atoms with van der Waals surface area (Å²) in [5.74, 6) is 0.155. The maximum absolute atomic E-state index is 12.0. The summed E-state index contributed by atoms with van der Waals surface area (Å²) in [6, 6.07) is 8.10. The summed E-state index contributed by atoms with van der Waals surface area (Å²) in [5.41, 5.74) is 7.62. The largest absolute Gasteiger partial charge is 0.399 e. The van der Waals surface area contributed by atoms with Crippen LogP contribution in [0.3, 0.4) is 0 Å². The topological polar surface area (TPSA) is 55.1 Å². The fourth-order valence-corrected chi connectivity index (χ4v) is 2.39. The predicted octanol–water partition coefficient (Wildman–Crippen LogP) is 3.68. The molecule has 1 aromatic rings. The molecule has 0 aliphatic heterocycles. The standard InChI is InChI=1S/C17H28N2O/c1-3-5-10-16(7-4-2)19-17(20)12-11-14-8-6-9-15(18)13-14/h6,8-9,13,16H,3-5,7,10-12,18H2,1-2H3,(H,19,20). The van der Waals surface area contributed by atoms with E-state index in [-0.39, 0.29) is 5.91 Å². The summed E-state index contributed by atoms with van der Waals surface area (Å²) in [6.45, 7) is 4.35. The minimum Gasteiger partial charge on any atom is -0.399 e. The van der Waals surface area contributed by atoms with E-state index in [1.165, 1.54) is 12.8 Å². The van der Waals surface area contributed by atoms with Crippen LogP contribution in [0.25, 0.3) is 0 Å². The van der Waals surface area contributed by atoms with Gasteiger partial charge in [-0.15, -0.1) is 0 Å². The van der Waals surface area contributed by atoms with Crippen LogP contribution in [0.5, 0.6) is 0 Å². The van der Waals surface area contributed by atoms with E-state index in [0.717, 1.165) is 36.9 Å². The molecule has 3 heteroatoms. The van der Waals surface area contributed by atoms with Crippen molar-refractivity contribution in [2.24, 2.45) is 0 Å². The highest BCUT2D eigenvalue weighted by Gasteiger charge is 2.11. The number of benzene rings is 1. The van der Waals surface area contributed by atoms with Crippen molar-refractivity contribution >= 4 is 11.6 Å². The van der Waals surface area contributed by atoms with Crippen molar-refractivity contribution in [1.82, 2.24) is 5.32 Å². The normalized spacial score (nSPS) is 12.1. The van der Waals surface area contributed by atoms with Crippen LogP contribution in [0.1, 0.15) is 57.9 Å². The van der Waals surface area contributed by atoms with E-state index in [1.807, 2.05) is 24.3 Å². The molecule has 1 amide bonds. The van der Waals surface area contributed by atoms with Crippen LogP contribution in [0, 0.1) is 0 Å². The van der Waals surface area contributed by atoms with E-state index < -0.39 is 0 Å². The maximum Gasteiger partial charge on any atom is 0.220 e. The van der Waals surface area contributed by atoms with Gasteiger partial charge in [0.1, 0.15) is 0 Å². The first-order valence-electron chi connectivity index (χ1n) is 7.79. The van der Waals surface area contributed by atoms with Crippen molar-refractivity contribution in [3.05, 3.63) is 29.8 Å². The average molecular weight is 276 g/mol. The quantitative estimate of drug-likeness (QED) is 0.676. The number of carbonyl (C=O) groups is 1. The van der Waals surface area contributed by atoms with Crippen molar-refractivity contribution in [2.45, 2.75) is 64.8 Å². The summed E-state index contributed by atoms with van der Waals surface area (Å²) in [4.78, 5) is 12.0. The number of aryl methyl sites for hydroxylation is 1. The molecule has 3 N–H and O–H groups in total. The van der Waals surface area contributed by atoms with E-state index in [2.05, 4.69) is 19.2 Å². The van der Waals surface area contributed by atoms with E-state index >= 15 is 0 Å². The fourth-order valence-electron chi connectivity index (χ4n) is 2.39. The van der Waals surface area contributed by atoms with Crippen molar-refractivity contribution in [2.75, 3.05) is 5.73 Å². The van der Waals surface area contributed by atoms with E-state index in [9.17, 15) is 4.79 Å². The molecule has 1 unspecified atom stereocenters. The molecule has 1 aromatic carbocycles. The Morgan fingerprint density at radius 3 is 2.70 bits per heavy atom. The molecule has 0 fully saturated rings. The number of anilines is 1. The molecule has 0 aliphatic rings. The average Bonchev–Trinajstić information content (AvgIpc) is 2.43. The van der Waals surface area contributed by atoms with Crippen molar-refractivity contribution in [1.29, 1.82) is 0 Å². The molecule has 0 radical (unpaired) electrons. The van der Waals surface area contributed by atoms with E-state index in [1.54, 1.807) is 0 Å². The number of nitrogens with one attached hydrogen (secondary N) is 1. The number of hydrogen-bond donors (Lipinski definition) is 2. The molecule has 0 bridgehead atoms. The molecular weight excluding hydrogens is 248 g/mol. The van der Waals surface area contributed by atoms with Crippen LogP contribution in [0.4, 0.5) is 5.69 Å². The van der Waals surface area contributed by atoms with Gasteiger partial charge in [0, 0.05) is 18.2 Å². The molecule has 3 nitrogen and oxygen atoms in total. The highest BCUT2D eigenvalue weighted by atomic mass is 16.1. The van der Waals surface area contributed by atoms with Gasteiger partial charge in [0.15, 0.2) is 0 Å². The zero-order chi connectivity index (χ0) is 14.8. The Balaban J connectivity index is 2.37. The first kappa shape index (κ1) is 16.5. The number of nitrogens with two attached hydrogens (primary N) is 1. The van der Waals surface area contributed by atoms with Gasteiger partial charge in [-0.3, -0.25) is 4.79 Å². The highest BCUT2D eigenvalue weighted by molar-refractivity contribution is 5.76. The second kappa shape index (κ2) is 9.40. The molecule has 112 valence electrons. The molecule has 1 rings (SSSR count). The monoisotopic (exact) mass is 276 g/mol. The SMILES string of the molecule is CCCCC(CCC)NC(=O)CCc1cccc(N)c1. The van der Waals surface area contributed by atoms with Crippen LogP contribution >= 0.6 is 0 Å². The summed E-state index contributed by atoms with van der Waals surface area (Å²) < 4.78 is 0. The van der Waals surface area contributed by atoms with Gasteiger partial charge in [-0.1, -0.05) is 45.2 Å². The first-order valence-corrected chi connectivity index (χ1v) is 7.79. The van der Waals surface area contributed by atoms with Gasteiger partial charge < -0.3 is 11.1 Å². The Bertz CT molecular complexity index is 404. The highest BCUT2D eigenvalue weighted by Crippen LogP contribution is 2.10. The number of nitrogen functional groups attached to an aromatic ring is 1. The lowest BCUT2D eigenvalue weighted by Crippen LogP contribution is -2.34. The Labute approximate surface area is 122 Å². The Morgan fingerprint density at radius 1 is 1.25 bits per heavy atom. The molecule has 0 aliphatic carbocycles. The molecule has 0 spiro atoms. The zero-order valence-electron chi connectivity index (χ0n) is 12.8. The lowest BCUT2D eigenvalue weighted by atomic mass is 10.0. The van der Waals surface area contributed by atoms with E-state index in [0.29, 0.717) is 12.5 Å². The lowest BCUT2D eigenvalue weighted by molar-refractivity contribution is -0.121. The number of unbranched alkanes of at least 4 members (excludes halogenated alkanes) is 1. The molecule has 0 aromatic heterocycles. The molecule has 1 atom stereocenters. The number of rotatable bonds is 9. The predicted molar refractivity (Wildman–Crippen MR) is 85.5 cm³/mol. The van der Waals surface area contributed by atoms with Crippen LogP contribution in [0.2, 0.25) is 0 Å². The summed E-state index contributed by atoms with van der Waals surface area (Å²) >= 11 is 0. The van der Waals surface area contributed by atoms with Gasteiger partial charge >= 0.3 is 0 Å². The van der Waals surface area contributed by atoms with Crippen LogP contribution in [-0.2, 0) is 11.2 Å². The van der Waals surface area contributed by atoms with Crippen molar-refractivity contribution < 1.29 is 4.79 Å². The zero-order valence-corrected chi connectivity index (χ0v) is 12.8. The summed E-state index contributed by atoms with van der Waals surface area (Å²) in [5, 5.41) is 3.17. The summed E-state index contributed by atoms with van der Waals surface area (Å²) in [7, 11) is 0.